The standard InChI is InChI=1S/C24H24BrN3O2/c1-4-27(5-2)23(29)15-28-14-16(19-13-17(25)10-11-22(19)28)12-20-18-8-6-7-9-21(18)26(3)24(20)30/h6-14H,4-5,15H2,1-3H3/b20-12+. The number of likely N-dealkylation sites (N-methyl/N-ethyl adjacent to an activating group) is 2. The smallest absolute Gasteiger partial charge is 0.258 e. The zero-order chi connectivity index (χ0) is 21.4. The molecule has 0 unspecified atom stereocenters. The molecule has 0 saturated heterocycles. The fourth-order valence-corrected chi connectivity index (χ4v) is 4.42. The highest BCUT2D eigenvalue weighted by atomic mass is 79.9. The Labute approximate surface area is 184 Å². The summed E-state index contributed by atoms with van der Waals surface area (Å²) < 4.78 is 2.93. The van der Waals surface area contributed by atoms with Crippen LogP contribution in [-0.4, -0.2) is 41.4 Å². The molecule has 6 heteroatoms. The molecule has 4 rings (SSSR count). The first-order valence-corrected chi connectivity index (χ1v) is 10.9. The van der Waals surface area contributed by atoms with Crippen molar-refractivity contribution in [3.05, 3.63) is 64.3 Å². The van der Waals surface area contributed by atoms with Crippen LogP contribution in [0.1, 0.15) is 25.0 Å². The van der Waals surface area contributed by atoms with E-state index in [1.807, 2.05) is 78.1 Å². The van der Waals surface area contributed by atoms with E-state index in [1.165, 1.54) is 0 Å². The van der Waals surface area contributed by atoms with Gasteiger partial charge in [-0.3, -0.25) is 9.59 Å². The lowest BCUT2D eigenvalue weighted by Crippen LogP contribution is -2.33. The summed E-state index contributed by atoms with van der Waals surface area (Å²) in [5.41, 5.74) is 4.41. The van der Waals surface area contributed by atoms with Gasteiger partial charge >= 0.3 is 0 Å². The summed E-state index contributed by atoms with van der Waals surface area (Å²) in [4.78, 5) is 29.1. The van der Waals surface area contributed by atoms with E-state index < -0.39 is 0 Å². The molecule has 1 aromatic heterocycles. The molecule has 1 aliphatic rings. The van der Waals surface area contributed by atoms with Gasteiger partial charge in [0.1, 0.15) is 6.54 Å². The van der Waals surface area contributed by atoms with Gasteiger partial charge < -0.3 is 14.4 Å². The highest BCUT2D eigenvalue weighted by Crippen LogP contribution is 2.38. The quantitative estimate of drug-likeness (QED) is 0.508. The number of para-hydroxylation sites is 1. The Morgan fingerprint density at radius 1 is 1.13 bits per heavy atom. The summed E-state index contributed by atoms with van der Waals surface area (Å²) >= 11 is 3.55. The molecule has 1 aliphatic heterocycles. The van der Waals surface area contributed by atoms with Crippen LogP contribution in [-0.2, 0) is 16.1 Å². The van der Waals surface area contributed by atoms with Crippen molar-refractivity contribution in [1.82, 2.24) is 9.47 Å². The minimum atomic E-state index is -0.0219. The number of halogens is 1. The van der Waals surface area contributed by atoms with Crippen LogP contribution >= 0.6 is 15.9 Å². The first kappa shape index (κ1) is 20.4. The van der Waals surface area contributed by atoms with Crippen molar-refractivity contribution in [3.63, 3.8) is 0 Å². The van der Waals surface area contributed by atoms with Gasteiger partial charge in [-0.05, 0) is 44.2 Å². The fraction of sp³-hybridized carbons (Fsp3) is 0.250. The van der Waals surface area contributed by atoms with Gasteiger partial charge in [-0.2, -0.15) is 0 Å². The molecule has 0 bridgehead atoms. The zero-order valence-corrected chi connectivity index (χ0v) is 18.9. The molecule has 2 aromatic carbocycles. The van der Waals surface area contributed by atoms with Gasteiger partial charge in [0.05, 0.1) is 5.69 Å². The number of rotatable bonds is 5. The molecule has 0 N–H and O–H groups in total. The first-order chi connectivity index (χ1) is 14.4. The fourth-order valence-electron chi connectivity index (χ4n) is 4.06. The van der Waals surface area contributed by atoms with Crippen LogP contribution in [0.2, 0.25) is 0 Å². The Morgan fingerprint density at radius 2 is 1.87 bits per heavy atom. The van der Waals surface area contributed by atoms with Crippen molar-refractivity contribution < 1.29 is 9.59 Å². The Balaban J connectivity index is 1.82. The lowest BCUT2D eigenvalue weighted by Gasteiger charge is -2.19. The predicted molar refractivity (Wildman–Crippen MR) is 125 cm³/mol. The molecule has 0 fully saturated rings. The minimum Gasteiger partial charge on any atom is -0.342 e. The third kappa shape index (κ3) is 3.45. The van der Waals surface area contributed by atoms with Crippen LogP contribution in [0, 0.1) is 0 Å². The Kier molecular flexibility index (Phi) is 5.52. The number of benzene rings is 2. The van der Waals surface area contributed by atoms with E-state index in [0.29, 0.717) is 18.7 Å². The van der Waals surface area contributed by atoms with Crippen LogP contribution in [0.25, 0.3) is 22.6 Å². The van der Waals surface area contributed by atoms with Gasteiger partial charge in [0.25, 0.3) is 5.91 Å². The summed E-state index contributed by atoms with van der Waals surface area (Å²) in [5, 5.41) is 1.00. The van der Waals surface area contributed by atoms with E-state index >= 15 is 0 Å². The monoisotopic (exact) mass is 465 g/mol. The van der Waals surface area contributed by atoms with Crippen LogP contribution < -0.4 is 4.90 Å². The van der Waals surface area contributed by atoms with Gasteiger partial charge in [-0.25, -0.2) is 0 Å². The SMILES string of the molecule is CCN(CC)C(=O)Cn1cc(/C=C2/C(=O)N(C)c3ccccc32)c2cc(Br)ccc21. The molecule has 0 radical (unpaired) electrons. The van der Waals surface area contributed by atoms with Gasteiger partial charge in [-0.15, -0.1) is 0 Å². The van der Waals surface area contributed by atoms with E-state index in [1.54, 1.807) is 11.9 Å². The summed E-state index contributed by atoms with van der Waals surface area (Å²) in [6, 6.07) is 13.8. The molecule has 3 aromatic rings. The van der Waals surface area contributed by atoms with Crippen LogP contribution in [0.5, 0.6) is 0 Å². The molecule has 154 valence electrons. The van der Waals surface area contributed by atoms with Gasteiger partial charge in [0.15, 0.2) is 0 Å². The van der Waals surface area contributed by atoms with E-state index in [4.69, 9.17) is 0 Å². The van der Waals surface area contributed by atoms with Crippen molar-refractivity contribution in [1.29, 1.82) is 0 Å². The van der Waals surface area contributed by atoms with Crippen molar-refractivity contribution in [3.8, 4) is 0 Å². The van der Waals surface area contributed by atoms with Gasteiger partial charge in [0, 0.05) is 58.4 Å². The molecule has 30 heavy (non-hydrogen) atoms. The summed E-state index contributed by atoms with van der Waals surface area (Å²) in [5.74, 6) is 0.0624. The van der Waals surface area contributed by atoms with E-state index in [-0.39, 0.29) is 18.4 Å². The maximum absolute atomic E-state index is 12.9. The molecular formula is C24H24BrN3O2. The third-order valence-electron chi connectivity index (χ3n) is 5.69. The summed E-state index contributed by atoms with van der Waals surface area (Å²) in [7, 11) is 1.80. The maximum Gasteiger partial charge on any atom is 0.258 e. The van der Waals surface area contributed by atoms with E-state index in [0.717, 1.165) is 32.2 Å². The lowest BCUT2D eigenvalue weighted by molar-refractivity contribution is -0.131. The molecule has 2 heterocycles. The van der Waals surface area contributed by atoms with Crippen LogP contribution in [0.4, 0.5) is 5.69 Å². The number of amides is 2. The Hall–Kier alpha value is -2.86. The second-order valence-corrected chi connectivity index (χ2v) is 8.29. The van der Waals surface area contributed by atoms with E-state index in [2.05, 4.69) is 15.9 Å². The first-order valence-electron chi connectivity index (χ1n) is 10.1. The second kappa shape index (κ2) is 8.11. The van der Waals surface area contributed by atoms with Crippen LogP contribution in [0.15, 0.2) is 53.1 Å². The maximum atomic E-state index is 12.9. The van der Waals surface area contributed by atoms with Crippen LogP contribution in [0.3, 0.4) is 0 Å². The number of anilines is 1. The number of fused-ring (bicyclic) bond motifs is 2. The summed E-state index contributed by atoms with van der Waals surface area (Å²) in [6.07, 6.45) is 3.91. The molecule has 5 nitrogen and oxygen atoms in total. The second-order valence-electron chi connectivity index (χ2n) is 7.38. The number of aromatic nitrogens is 1. The zero-order valence-electron chi connectivity index (χ0n) is 17.4. The van der Waals surface area contributed by atoms with Crippen molar-refractivity contribution in [2.24, 2.45) is 0 Å². The number of carbonyl (C=O) groups is 2. The molecule has 2 amide bonds. The van der Waals surface area contributed by atoms with Crippen molar-refractivity contribution in [2.75, 3.05) is 25.0 Å². The average molecular weight is 466 g/mol. The molecule has 0 aliphatic carbocycles. The average Bonchev–Trinajstić information content (AvgIpc) is 3.19. The van der Waals surface area contributed by atoms with Crippen molar-refractivity contribution >= 4 is 56.0 Å². The normalized spacial score (nSPS) is 14.6. The lowest BCUT2D eigenvalue weighted by atomic mass is 10.0. The summed E-state index contributed by atoms with van der Waals surface area (Å²) in [6.45, 7) is 5.63. The van der Waals surface area contributed by atoms with E-state index in [9.17, 15) is 9.59 Å². The topological polar surface area (TPSA) is 45.6 Å². The number of carbonyl (C=O) groups excluding carboxylic acids is 2. The highest BCUT2D eigenvalue weighted by Gasteiger charge is 2.29. The molecule has 0 atom stereocenters. The molecule has 0 saturated carbocycles. The molecular weight excluding hydrogens is 442 g/mol. The van der Waals surface area contributed by atoms with Gasteiger partial charge in [-0.1, -0.05) is 34.1 Å². The molecule has 0 spiro atoms. The third-order valence-corrected chi connectivity index (χ3v) is 6.18. The number of nitrogens with zero attached hydrogens (tertiary/aromatic N) is 3. The highest BCUT2D eigenvalue weighted by molar-refractivity contribution is 9.10. The Morgan fingerprint density at radius 3 is 2.60 bits per heavy atom. The Bertz CT molecular complexity index is 1170. The van der Waals surface area contributed by atoms with Gasteiger partial charge in [0.2, 0.25) is 5.91 Å². The predicted octanol–water partition coefficient (Wildman–Crippen LogP) is 4.79. The minimum absolute atomic E-state index is 0.0219. The number of hydrogen-bond acceptors (Lipinski definition) is 2. The largest absolute Gasteiger partial charge is 0.342 e. The van der Waals surface area contributed by atoms with Crippen molar-refractivity contribution in [2.45, 2.75) is 20.4 Å². The number of hydrogen-bond donors (Lipinski definition) is 0.